The number of thiophene rings is 1. The van der Waals surface area contributed by atoms with Crippen LogP contribution in [-0.4, -0.2) is 32.1 Å². The highest BCUT2D eigenvalue weighted by atomic mass is 35.5. The van der Waals surface area contributed by atoms with Gasteiger partial charge in [-0.2, -0.15) is 0 Å². The second-order valence-corrected chi connectivity index (χ2v) is 8.41. The highest BCUT2D eigenvalue weighted by Crippen LogP contribution is 2.38. The van der Waals surface area contributed by atoms with Gasteiger partial charge < -0.3 is 15.4 Å². The molecule has 1 heterocycles. The number of halogens is 1. The molecule has 2 aromatic rings. The van der Waals surface area contributed by atoms with Crippen LogP contribution in [0.2, 0.25) is 5.02 Å². The number of hydrogen-bond donors (Lipinski definition) is 2. The van der Waals surface area contributed by atoms with Crippen LogP contribution in [-0.2, 0) is 28.8 Å². The standard InChI is InChI=1S/C21H25ClN2O3S/c1-27-12-4-11-23-20(26)19-16-5-2-3-6-17(16)28-21(19)24-18(25)13-14-7-9-15(22)10-8-14/h7-10H,2-6,11-13H2,1H3,(H,23,26)(H,24,25). The minimum absolute atomic E-state index is 0.114. The number of ether oxygens (including phenoxy) is 1. The predicted octanol–water partition coefficient (Wildman–Crippen LogP) is 4.23. The third kappa shape index (κ3) is 5.34. The molecule has 3 rings (SSSR count). The van der Waals surface area contributed by atoms with Crippen molar-refractivity contribution in [2.24, 2.45) is 0 Å². The lowest BCUT2D eigenvalue weighted by Gasteiger charge is -2.13. The number of methoxy groups -OCH3 is 1. The zero-order valence-electron chi connectivity index (χ0n) is 16.0. The maximum Gasteiger partial charge on any atom is 0.254 e. The van der Waals surface area contributed by atoms with E-state index in [1.165, 1.54) is 16.2 Å². The lowest BCUT2D eigenvalue weighted by molar-refractivity contribution is -0.115. The van der Waals surface area contributed by atoms with Gasteiger partial charge in [-0.1, -0.05) is 23.7 Å². The highest BCUT2D eigenvalue weighted by Gasteiger charge is 2.26. The van der Waals surface area contributed by atoms with Crippen LogP contribution in [0.15, 0.2) is 24.3 Å². The first-order chi connectivity index (χ1) is 13.6. The number of nitrogens with one attached hydrogen (secondary N) is 2. The first kappa shape index (κ1) is 20.8. The highest BCUT2D eigenvalue weighted by molar-refractivity contribution is 7.17. The minimum Gasteiger partial charge on any atom is -0.385 e. The molecule has 0 saturated carbocycles. The minimum atomic E-state index is -0.130. The molecule has 5 nitrogen and oxygen atoms in total. The molecule has 1 aliphatic carbocycles. The maximum atomic E-state index is 12.8. The number of aryl methyl sites for hydroxylation is 1. The zero-order valence-corrected chi connectivity index (χ0v) is 17.5. The average Bonchev–Trinajstić information content (AvgIpc) is 3.04. The SMILES string of the molecule is COCCCNC(=O)c1c(NC(=O)Cc2ccc(Cl)cc2)sc2c1CCCC2. The van der Waals surface area contributed by atoms with Gasteiger partial charge in [-0.3, -0.25) is 9.59 Å². The van der Waals surface area contributed by atoms with Crippen molar-refractivity contribution in [3.8, 4) is 0 Å². The summed E-state index contributed by atoms with van der Waals surface area (Å²) in [6.45, 7) is 1.15. The lowest BCUT2D eigenvalue weighted by atomic mass is 9.95. The predicted molar refractivity (Wildman–Crippen MR) is 114 cm³/mol. The summed E-state index contributed by atoms with van der Waals surface area (Å²) < 4.78 is 5.03. The van der Waals surface area contributed by atoms with Gasteiger partial charge >= 0.3 is 0 Å². The largest absolute Gasteiger partial charge is 0.385 e. The van der Waals surface area contributed by atoms with Gasteiger partial charge in [0.15, 0.2) is 0 Å². The Morgan fingerprint density at radius 1 is 1.18 bits per heavy atom. The smallest absolute Gasteiger partial charge is 0.254 e. The van der Waals surface area contributed by atoms with Crippen LogP contribution < -0.4 is 10.6 Å². The molecule has 2 amide bonds. The van der Waals surface area contributed by atoms with Crippen LogP contribution >= 0.6 is 22.9 Å². The van der Waals surface area contributed by atoms with Crippen LogP contribution in [0.1, 0.15) is 45.6 Å². The molecule has 150 valence electrons. The van der Waals surface area contributed by atoms with Crippen LogP contribution in [0, 0.1) is 0 Å². The quantitative estimate of drug-likeness (QED) is 0.628. The molecule has 1 aromatic carbocycles. The number of carbonyl (C=O) groups is 2. The van der Waals surface area contributed by atoms with Crippen molar-refractivity contribution in [1.29, 1.82) is 0 Å². The second kappa shape index (κ2) is 10.0. The summed E-state index contributed by atoms with van der Waals surface area (Å²) in [4.78, 5) is 26.6. The number of fused-ring (bicyclic) bond motifs is 1. The third-order valence-electron chi connectivity index (χ3n) is 4.74. The van der Waals surface area contributed by atoms with Gasteiger partial charge in [0.25, 0.3) is 5.91 Å². The Morgan fingerprint density at radius 2 is 1.93 bits per heavy atom. The monoisotopic (exact) mass is 420 g/mol. The molecular formula is C21H25ClN2O3S. The van der Waals surface area contributed by atoms with E-state index in [9.17, 15) is 9.59 Å². The van der Waals surface area contributed by atoms with Crippen molar-refractivity contribution in [2.75, 3.05) is 25.6 Å². The second-order valence-electron chi connectivity index (χ2n) is 6.87. The van der Waals surface area contributed by atoms with Crippen molar-refractivity contribution >= 4 is 39.8 Å². The van der Waals surface area contributed by atoms with E-state index in [0.717, 1.165) is 43.2 Å². The first-order valence-electron chi connectivity index (χ1n) is 9.54. The molecule has 0 aliphatic heterocycles. The molecule has 7 heteroatoms. The summed E-state index contributed by atoms with van der Waals surface area (Å²) in [6.07, 6.45) is 5.06. The van der Waals surface area contributed by atoms with E-state index in [-0.39, 0.29) is 18.2 Å². The van der Waals surface area contributed by atoms with E-state index in [0.29, 0.717) is 28.7 Å². The van der Waals surface area contributed by atoms with Crippen LogP contribution in [0.3, 0.4) is 0 Å². The summed E-state index contributed by atoms with van der Waals surface area (Å²) in [6, 6.07) is 7.22. The van der Waals surface area contributed by atoms with Gasteiger partial charge in [0, 0.05) is 30.2 Å². The Labute approximate surface area is 174 Å². The summed E-state index contributed by atoms with van der Waals surface area (Å²) in [5, 5.41) is 7.24. The topological polar surface area (TPSA) is 67.4 Å². The molecule has 0 fully saturated rings. The van der Waals surface area contributed by atoms with E-state index in [1.807, 2.05) is 12.1 Å². The number of carbonyl (C=O) groups excluding carboxylic acids is 2. The van der Waals surface area contributed by atoms with Crippen molar-refractivity contribution < 1.29 is 14.3 Å². The van der Waals surface area contributed by atoms with Gasteiger partial charge in [0.1, 0.15) is 5.00 Å². The maximum absolute atomic E-state index is 12.8. The lowest BCUT2D eigenvalue weighted by Crippen LogP contribution is -2.27. The summed E-state index contributed by atoms with van der Waals surface area (Å²) in [5.74, 6) is -0.244. The molecule has 0 unspecified atom stereocenters. The normalized spacial score (nSPS) is 13.1. The van der Waals surface area contributed by atoms with E-state index < -0.39 is 0 Å². The van der Waals surface area contributed by atoms with Crippen molar-refractivity contribution in [3.63, 3.8) is 0 Å². The Bertz CT molecular complexity index is 833. The fourth-order valence-corrected chi connectivity index (χ4v) is 4.79. The van der Waals surface area contributed by atoms with Gasteiger partial charge in [0.05, 0.1) is 12.0 Å². The Morgan fingerprint density at radius 3 is 2.68 bits per heavy atom. The number of hydrogen-bond acceptors (Lipinski definition) is 4. The van der Waals surface area contributed by atoms with Gasteiger partial charge in [-0.05, 0) is 55.4 Å². The Hall–Kier alpha value is -1.89. The van der Waals surface area contributed by atoms with Crippen molar-refractivity contribution in [2.45, 2.75) is 38.5 Å². The summed E-state index contributed by atoms with van der Waals surface area (Å²) in [5.41, 5.74) is 2.62. The van der Waals surface area contributed by atoms with Gasteiger partial charge in [-0.25, -0.2) is 0 Å². The van der Waals surface area contributed by atoms with Crippen LogP contribution in [0.4, 0.5) is 5.00 Å². The number of benzene rings is 1. The molecule has 0 atom stereocenters. The number of amides is 2. The fraction of sp³-hybridized carbons (Fsp3) is 0.429. The number of rotatable bonds is 8. The molecule has 1 aliphatic rings. The van der Waals surface area contributed by atoms with E-state index >= 15 is 0 Å². The Balaban J connectivity index is 1.73. The fourth-order valence-electron chi connectivity index (χ4n) is 3.36. The average molecular weight is 421 g/mol. The summed E-state index contributed by atoms with van der Waals surface area (Å²) in [7, 11) is 1.64. The molecular weight excluding hydrogens is 396 g/mol. The van der Waals surface area contributed by atoms with Crippen molar-refractivity contribution in [3.05, 3.63) is 50.9 Å². The molecule has 0 spiro atoms. The molecule has 1 aromatic heterocycles. The van der Waals surface area contributed by atoms with Gasteiger partial charge in [-0.15, -0.1) is 11.3 Å². The molecule has 2 N–H and O–H groups in total. The zero-order chi connectivity index (χ0) is 19.9. The molecule has 0 bridgehead atoms. The van der Waals surface area contributed by atoms with E-state index in [2.05, 4.69) is 10.6 Å². The molecule has 0 radical (unpaired) electrons. The summed E-state index contributed by atoms with van der Waals surface area (Å²) >= 11 is 7.44. The number of anilines is 1. The van der Waals surface area contributed by atoms with E-state index in [4.69, 9.17) is 16.3 Å². The van der Waals surface area contributed by atoms with Gasteiger partial charge in [0.2, 0.25) is 5.91 Å². The first-order valence-corrected chi connectivity index (χ1v) is 10.7. The van der Waals surface area contributed by atoms with Crippen LogP contribution in [0.5, 0.6) is 0 Å². The Kier molecular flexibility index (Phi) is 7.48. The van der Waals surface area contributed by atoms with E-state index in [1.54, 1.807) is 19.2 Å². The third-order valence-corrected chi connectivity index (χ3v) is 6.20. The molecule has 28 heavy (non-hydrogen) atoms. The molecule has 0 saturated heterocycles. The van der Waals surface area contributed by atoms with Crippen molar-refractivity contribution in [1.82, 2.24) is 5.32 Å². The van der Waals surface area contributed by atoms with Crippen LogP contribution in [0.25, 0.3) is 0 Å².